The molecule has 2 aliphatic heterocycles. The molecule has 66 heavy (non-hydrogen) atoms. The van der Waals surface area contributed by atoms with E-state index >= 15 is 0 Å². The molecule has 15 rings (SSSR count). The van der Waals surface area contributed by atoms with Crippen LogP contribution in [0.25, 0.3) is 75.8 Å². The second kappa shape index (κ2) is 12.3. The van der Waals surface area contributed by atoms with E-state index in [9.17, 15) is 0 Å². The van der Waals surface area contributed by atoms with Crippen LogP contribution in [0.2, 0.25) is 0 Å². The minimum Gasteiger partial charge on any atom is -0.310 e. The highest BCUT2D eigenvalue weighted by atomic mass is 32.1. The summed E-state index contributed by atoms with van der Waals surface area (Å²) in [6, 6.07) is 66.0. The van der Waals surface area contributed by atoms with Crippen LogP contribution in [0.3, 0.4) is 0 Å². The Bertz CT molecular complexity index is 3880. The molecular formula is C63H46BNS. The minimum absolute atomic E-state index is 0.0610. The predicted octanol–water partition coefficient (Wildman–Crippen LogP) is 14.9. The highest BCUT2D eigenvalue weighted by Crippen LogP contribution is 2.60. The van der Waals surface area contributed by atoms with Crippen LogP contribution < -0.4 is 21.3 Å². The molecule has 0 spiro atoms. The van der Waals surface area contributed by atoms with Crippen molar-refractivity contribution in [3.63, 3.8) is 0 Å². The van der Waals surface area contributed by atoms with Crippen molar-refractivity contribution < 1.29 is 0 Å². The van der Waals surface area contributed by atoms with Gasteiger partial charge >= 0.3 is 0 Å². The standard InChI is InChI=1S/C63H46BNS/c1-61(2)42-22-11-7-17-37(42)55-45(61)25-16-26-50(55)65-51-34-35(36-21-15-28-53-54(36)40-20-10-14-27-52(40)66-53)33-41-58-48(31-29-46-56(58)38-18-8-12-23-43(38)62(46,3)4)64(59(41)51)49-32-30-47-57(60(49)65)39-19-9-13-24-44(39)63(47,5)6/h7-34H,1-6H3. The van der Waals surface area contributed by atoms with Gasteiger partial charge in [0.15, 0.2) is 0 Å². The number of hydrogen-bond acceptors (Lipinski definition) is 2. The Hall–Kier alpha value is -6.94. The molecule has 5 aliphatic rings. The Morgan fingerprint density at radius 1 is 0.394 bits per heavy atom. The van der Waals surface area contributed by atoms with Gasteiger partial charge in [-0.25, -0.2) is 0 Å². The summed E-state index contributed by atoms with van der Waals surface area (Å²) >= 11 is 1.91. The van der Waals surface area contributed by atoms with Gasteiger partial charge < -0.3 is 4.90 Å². The first-order chi connectivity index (χ1) is 32.0. The van der Waals surface area contributed by atoms with Gasteiger partial charge in [-0.05, 0) is 119 Å². The van der Waals surface area contributed by atoms with Gasteiger partial charge in [0.25, 0.3) is 0 Å². The largest absolute Gasteiger partial charge is 0.310 e. The molecule has 312 valence electrons. The smallest absolute Gasteiger partial charge is 0.248 e. The lowest BCUT2D eigenvalue weighted by molar-refractivity contribution is 0.660. The third-order valence-corrected chi connectivity index (χ3v) is 18.0. The van der Waals surface area contributed by atoms with Crippen molar-refractivity contribution in [2.24, 2.45) is 0 Å². The number of fused-ring (bicyclic) bond motifs is 19. The Kier molecular flexibility index (Phi) is 6.94. The van der Waals surface area contributed by atoms with Crippen LogP contribution in [0.5, 0.6) is 0 Å². The van der Waals surface area contributed by atoms with E-state index in [1.807, 2.05) is 11.3 Å². The monoisotopic (exact) mass is 859 g/mol. The number of benzene rings is 9. The fraction of sp³-hybridized carbons (Fsp3) is 0.143. The molecule has 3 heteroatoms. The summed E-state index contributed by atoms with van der Waals surface area (Å²) in [5, 5.41) is 2.68. The van der Waals surface area contributed by atoms with Gasteiger partial charge in [0, 0.05) is 58.9 Å². The number of hydrogen-bond donors (Lipinski definition) is 0. The van der Waals surface area contributed by atoms with Gasteiger partial charge in [0.2, 0.25) is 6.71 Å². The fourth-order valence-electron chi connectivity index (χ4n) is 13.9. The molecule has 0 unspecified atom stereocenters. The molecule has 0 radical (unpaired) electrons. The summed E-state index contributed by atoms with van der Waals surface area (Å²) in [5.41, 5.74) is 29.7. The summed E-state index contributed by atoms with van der Waals surface area (Å²) in [7, 11) is 0. The van der Waals surface area contributed by atoms with Crippen LogP contribution in [0, 0.1) is 0 Å². The summed E-state index contributed by atoms with van der Waals surface area (Å²) in [4.78, 5) is 2.76. The molecule has 1 nitrogen and oxygen atoms in total. The molecular weight excluding hydrogens is 814 g/mol. The third kappa shape index (κ3) is 4.35. The van der Waals surface area contributed by atoms with E-state index in [0.29, 0.717) is 0 Å². The first-order valence-electron chi connectivity index (χ1n) is 23.7. The van der Waals surface area contributed by atoms with Crippen molar-refractivity contribution in [1.29, 1.82) is 0 Å². The first-order valence-corrected chi connectivity index (χ1v) is 24.5. The van der Waals surface area contributed by atoms with Crippen LogP contribution in [-0.4, -0.2) is 6.71 Å². The molecule has 0 saturated carbocycles. The zero-order valence-electron chi connectivity index (χ0n) is 38.1. The summed E-state index contributed by atoms with van der Waals surface area (Å²) in [6.45, 7) is 14.6. The van der Waals surface area contributed by atoms with E-state index in [4.69, 9.17) is 0 Å². The Labute approximate surface area is 391 Å². The Balaban J connectivity index is 1.14. The van der Waals surface area contributed by atoms with Gasteiger partial charge in [-0.2, -0.15) is 0 Å². The zero-order chi connectivity index (χ0) is 44.2. The molecule has 0 saturated heterocycles. The van der Waals surface area contributed by atoms with Crippen molar-refractivity contribution >= 4 is 71.7 Å². The maximum Gasteiger partial charge on any atom is 0.248 e. The van der Waals surface area contributed by atoms with Crippen molar-refractivity contribution in [3.05, 3.63) is 203 Å². The summed E-state index contributed by atoms with van der Waals surface area (Å²) in [5.74, 6) is 0. The number of rotatable bonds is 2. The van der Waals surface area contributed by atoms with Crippen LogP contribution in [0.4, 0.5) is 17.1 Å². The van der Waals surface area contributed by atoms with Gasteiger partial charge in [0.1, 0.15) is 0 Å². The molecule has 0 atom stereocenters. The average Bonchev–Trinajstić information content (AvgIpc) is 4.07. The predicted molar refractivity (Wildman–Crippen MR) is 282 cm³/mol. The third-order valence-electron chi connectivity index (χ3n) is 16.9. The van der Waals surface area contributed by atoms with E-state index in [-0.39, 0.29) is 23.0 Å². The molecule has 3 heterocycles. The Morgan fingerprint density at radius 2 is 0.924 bits per heavy atom. The fourth-order valence-corrected chi connectivity index (χ4v) is 15.0. The molecule has 3 aliphatic carbocycles. The second-order valence-electron chi connectivity index (χ2n) is 21.1. The lowest BCUT2D eigenvalue weighted by Gasteiger charge is -2.39. The van der Waals surface area contributed by atoms with E-state index in [1.165, 1.54) is 143 Å². The SMILES string of the molecule is CC1(C)c2ccccc2-c2c(N3c4cc(-c5cccc6sc7ccccc7c56)cc5c4B(c4ccc6c(c4-5)-c4ccccc4C6(C)C)c4ccc5c(c43)-c3ccccc3C5(C)C)cccc21. The maximum atomic E-state index is 2.76. The number of thiophene rings is 1. The van der Waals surface area contributed by atoms with Gasteiger partial charge in [0.05, 0.1) is 5.69 Å². The first kappa shape index (κ1) is 37.3. The van der Waals surface area contributed by atoms with Crippen molar-refractivity contribution in [3.8, 4) is 55.6 Å². The molecule has 9 aromatic carbocycles. The van der Waals surface area contributed by atoms with Crippen molar-refractivity contribution in [2.45, 2.75) is 57.8 Å². The Morgan fingerprint density at radius 3 is 1.64 bits per heavy atom. The average molecular weight is 860 g/mol. The number of nitrogens with zero attached hydrogens (tertiary/aromatic N) is 1. The topological polar surface area (TPSA) is 3.24 Å². The molecule has 0 N–H and O–H groups in total. The van der Waals surface area contributed by atoms with E-state index < -0.39 is 0 Å². The quantitative estimate of drug-likeness (QED) is 0.157. The maximum absolute atomic E-state index is 2.76. The highest BCUT2D eigenvalue weighted by molar-refractivity contribution is 7.26. The summed E-state index contributed by atoms with van der Waals surface area (Å²) in [6.07, 6.45) is 0. The second-order valence-corrected chi connectivity index (χ2v) is 22.2. The van der Waals surface area contributed by atoms with Crippen molar-refractivity contribution in [2.75, 3.05) is 4.90 Å². The van der Waals surface area contributed by atoms with Gasteiger partial charge in [-0.15, -0.1) is 11.3 Å². The molecule has 0 amide bonds. The highest BCUT2D eigenvalue weighted by Gasteiger charge is 2.50. The van der Waals surface area contributed by atoms with Crippen LogP contribution in [0.15, 0.2) is 170 Å². The van der Waals surface area contributed by atoms with Crippen molar-refractivity contribution in [1.82, 2.24) is 0 Å². The molecule has 0 bridgehead atoms. The van der Waals surface area contributed by atoms with E-state index in [1.54, 1.807) is 0 Å². The van der Waals surface area contributed by atoms with Crippen LogP contribution in [-0.2, 0) is 16.2 Å². The molecule has 0 fully saturated rings. The van der Waals surface area contributed by atoms with E-state index in [2.05, 4.69) is 216 Å². The minimum atomic E-state index is -0.160. The molecule has 1 aromatic heterocycles. The molecule has 10 aromatic rings. The van der Waals surface area contributed by atoms with E-state index in [0.717, 1.165) is 0 Å². The number of anilines is 3. The lowest BCUT2D eigenvalue weighted by Crippen LogP contribution is -2.55. The van der Waals surface area contributed by atoms with Gasteiger partial charge in [-0.1, -0.05) is 187 Å². The normalized spacial score (nSPS) is 16.3. The zero-order valence-corrected chi connectivity index (χ0v) is 38.9. The lowest BCUT2D eigenvalue weighted by atomic mass is 9.36. The van der Waals surface area contributed by atoms with Crippen LogP contribution in [0.1, 0.15) is 74.9 Å². The van der Waals surface area contributed by atoms with Gasteiger partial charge in [-0.3, -0.25) is 0 Å². The summed E-state index contributed by atoms with van der Waals surface area (Å²) < 4.78 is 2.66. The van der Waals surface area contributed by atoms with Crippen LogP contribution >= 0.6 is 11.3 Å².